The Morgan fingerprint density at radius 1 is 0.824 bits per heavy atom. The van der Waals surface area contributed by atoms with E-state index in [1.165, 1.54) is 0 Å². The van der Waals surface area contributed by atoms with Gasteiger partial charge in [0, 0.05) is 10.6 Å². The number of hydrogen-bond donors (Lipinski definition) is 0. The fourth-order valence-corrected chi connectivity index (χ4v) is 1.38. The van der Waals surface area contributed by atoms with Gasteiger partial charge in [-0.25, -0.2) is 4.39 Å². The van der Waals surface area contributed by atoms with Crippen LogP contribution >= 0.6 is 11.6 Å². The molecular weight excluding hydrogens is 277 g/mol. The van der Waals surface area contributed by atoms with E-state index < -0.39 is 28.6 Å². The largest absolute Gasteiger partial charge is 0.435 e. The maximum atomic E-state index is 13.4. The van der Waals surface area contributed by atoms with E-state index in [1.807, 2.05) is 0 Å². The first-order valence-electron chi connectivity index (χ1n) is 4.08. The molecule has 0 heterocycles. The van der Waals surface area contributed by atoms with Crippen molar-refractivity contribution in [2.24, 2.45) is 0 Å². The van der Waals surface area contributed by atoms with Gasteiger partial charge in [-0.05, 0) is 12.1 Å². The van der Waals surface area contributed by atoms with Crippen LogP contribution in [0.3, 0.4) is 0 Å². The molecule has 0 aliphatic heterocycles. The van der Waals surface area contributed by atoms with Gasteiger partial charge in [0.2, 0.25) is 0 Å². The Hall–Kier alpha value is -0.980. The highest BCUT2D eigenvalue weighted by molar-refractivity contribution is 6.30. The fraction of sp³-hybridized carbons (Fsp3) is 0.333. The molecule has 0 nitrogen and oxygen atoms in total. The lowest BCUT2D eigenvalue weighted by molar-refractivity contribution is -0.348. The molecule has 0 atom stereocenters. The molecule has 0 radical (unpaired) electrons. The normalized spacial score (nSPS) is 13.9. The number of benzene rings is 1. The average Bonchev–Trinajstić information content (AvgIpc) is 2.12. The third-order valence-corrected chi connectivity index (χ3v) is 2.24. The van der Waals surface area contributed by atoms with Crippen LogP contribution < -0.4 is 0 Å². The molecule has 0 saturated heterocycles. The Labute approximate surface area is 96.0 Å². The van der Waals surface area contributed by atoms with Gasteiger partial charge in [0.15, 0.2) is 0 Å². The molecule has 17 heavy (non-hydrogen) atoms. The molecule has 0 aromatic heterocycles. The molecule has 96 valence electrons. The van der Waals surface area contributed by atoms with Gasteiger partial charge in [0.25, 0.3) is 0 Å². The van der Waals surface area contributed by atoms with E-state index >= 15 is 0 Å². The van der Waals surface area contributed by atoms with E-state index in [-0.39, 0.29) is 0 Å². The van der Waals surface area contributed by atoms with Gasteiger partial charge in [0.1, 0.15) is 0 Å². The van der Waals surface area contributed by atoms with Crippen LogP contribution in [0.1, 0.15) is 5.56 Å². The summed E-state index contributed by atoms with van der Waals surface area (Å²) in [5.74, 6) is 0. The summed E-state index contributed by atoms with van der Waals surface area (Å²) in [5, 5.41) is -0.418. The van der Waals surface area contributed by atoms with Crippen LogP contribution in [0, 0.1) is 0 Å². The van der Waals surface area contributed by atoms with E-state index in [0.29, 0.717) is 12.1 Å². The average molecular weight is 281 g/mol. The molecule has 0 unspecified atom stereocenters. The maximum Gasteiger partial charge on any atom is 0.435 e. The zero-order valence-electron chi connectivity index (χ0n) is 7.83. The summed E-state index contributed by atoms with van der Waals surface area (Å²) in [7, 11) is 0. The van der Waals surface area contributed by atoms with E-state index in [4.69, 9.17) is 11.6 Å². The van der Waals surface area contributed by atoms with E-state index in [1.54, 1.807) is 0 Å². The van der Waals surface area contributed by atoms with Crippen LogP contribution in [-0.2, 0) is 5.67 Å². The third kappa shape index (κ3) is 2.34. The summed E-state index contributed by atoms with van der Waals surface area (Å²) in [5.41, 5.74) is -7.02. The van der Waals surface area contributed by atoms with Crippen molar-refractivity contribution >= 4 is 11.6 Å². The summed E-state index contributed by atoms with van der Waals surface area (Å²) in [6.07, 6.45) is -12.2. The van der Waals surface area contributed by atoms with E-state index in [0.717, 1.165) is 12.1 Å². The first kappa shape index (κ1) is 14.1. The Morgan fingerprint density at radius 2 is 1.29 bits per heavy atom. The highest BCUT2D eigenvalue weighted by Gasteiger charge is 2.73. The molecule has 8 heteroatoms. The van der Waals surface area contributed by atoms with Crippen molar-refractivity contribution < 1.29 is 30.7 Å². The Bertz CT molecular complexity index is 393. The van der Waals surface area contributed by atoms with Crippen molar-refractivity contribution in [3.63, 3.8) is 0 Å². The van der Waals surface area contributed by atoms with Crippen molar-refractivity contribution in [3.8, 4) is 0 Å². The minimum absolute atomic E-state index is 0.294. The van der Waals surface area contributed by atoms with Crippen molar-refractivity contribution in [2.75, 3.05) is 0 Å². The molecule has 1 aromatic rings. The van der Waals surface area contributed by atoms with Crippen molar-refractivity contribution in [3.05, 3.63) is 34.9 Å². The minimum Gasteiger partial charge on any atom is -0.218 e. The van der Waals surface area contributed by atoms with Crippen LogP contribution in [0.25, 0.3) is 0 Å². The SMILES string of the molecule is FC(F)(F)C(F)(c1cccc(Cl)c1)C(F)(F)F. The number of alkyl halides is 7. The predicted molar refractivity (Wildman–Crippen MR) is 46.3 cm³/mol. The highest BCUT2D eigenvalue weighted by atomic mass is 35.5. The van der Waals surface area contributed by atoms with Crippen LogP contribution in [0.2, 0.25) is 5.02 Å². The van der Waals surface area contributed by atoms with Gasteiger partial charge < -0.3 is 0 Å². The van der Waals surface area contributed by atoms with Crippen molar-refractivity contribution in [2.45, 2.75) is 18.0 Å². The molecular formula is C9H4ClF7. The number of hydrogen-bond acceptors (Lipinski definition) is 0. The second-order valence-corrected chi connectivity index (χ2v) is 3.60. The van der Waals surface area contributed by atoms with Gasteiger partial charge in [-0.2, -0.15) is 26.3 Å². The molecule has 0 aliphatic rings. The zero-order valence-corrected chi connectivity index (χ0v) is 8.59. The topological polar surface area (TPSA) is 0 Å². The molecule has 0 amide bonds. The van der Waals surface area contributed by atoms with E-state index in [9.17, 15) is 30.7 Å². The zero-order chi connectivity index (χ0) is 13.5. The smallest absolute Gasteiger partial charge is 0.218 e. The minimum atomic E-state index is -6.12. The first-order chi connectivity index (χ1) is 7.50. The van der Waals surface area contributed by atoms with Gasteiger partial charge >= 0.3 is 18.0 Å². The molecule has 0 N–H and O–H groups in total. The summed E-state index contributed by atoms with van der Waals surface area (Å²) >= 11 is 5.25. The Kier molecular flexibility index (Phi) is 3.35. The lowest BCUT2D eigenvalue weighted by Crippen LogP contribution is -2.50. The summed E-state index contributed by atoms with van der Waals surface area (Å²) in [6, 6.07) is 2.52. The molecule has 0 fully saturated rings. The van der Waals surface area contributed by atoms with E-state index in [2.05, 4.69) is 0 Å². The second-order valence-electron chi connectivity index (χ2n) is 3.16. The molecule has 1 rings (SSSR count). The predicted octanol–water partition coefficient (Wildman–Crippen LogP) is 4.63. The van der Waals surface area contributed by atoms with Crippen LogP contribution in [0.4, 0.5) is 30.7 Å². The van der Waals surface area contributed by atoms with Crippen molar-refractivity contribution in [1.82, 2.24) is 0 Å². The quantitative estimate of drug-likeness (QED) is 0.658. The lowest BCUT2D eigenvalue weighted by Gasteiger charge is -2.30. The molecule has 1 aromatic carbocycles. The lowest BCUT2D eigenvalue weighted by atomic mass is 9.94. The summed E-state index contributed by atoms with van der Waals surface area (Å²) < 4.78 is 87.1. The van der Waals surface area contributed by atoms with Gasteiger partial charge in [-0.1, -0.05) is 23.7 Å². The Morgan fingerprint density at radius 3 is 1.65 bits per heavy atom. The standard InChI is InChI=1S/C9H4ClF7/c10-6-3-1-2-5(4-6)7(11,8(12,13)14)9(15,16)17/h1-4H. The maximum absolute atomic E-state index is 13.4. The summed E-state index contributed by atoms with van der Waals surface area (Å²) in [6.45, 7) is 0. The van der Waals surface area contributed by atoms with Crippen LogP contribution in [0.15, 0.2) is 24.3 Å². The Balaban J connectivity index is 3.46. The highest BCUT2D eigenvalue weighted by Crippen LogP contribution is 2.53. The fourth-order valence-electron chi connectivity index (χ4n) is 1.19. The summed E-state index contributed by atoms with van der Waals surface area (Å²) in [4.78, 5) is 0. The van der Waals surface area contributed by atoms with Crippen molar-refractivity contribution in [1.29, 1.82) is 0 Å². The van der Waals surface area contributed by atoms with Gasteiger partial charge in [0.05, 0.1) is 0 Å². The number of rotatable bonds is 1. The monoisotopic (exact) mass is 280 g/mol. The van der Waals surface area contributed by atoms with Crippen LogP contribution in [0.5, 0.6) is 0 Å². The molecule has 0 bridgehead atoms. The molecule has 0 saturated carbocycles. The van der Waals surface area contributed by atoms with Crippen LogP contribution in [-0.4, -0.2) is 12.4 Å². The second kappa shape index (κ2) is 4.04. The molecule has 0 spiro atoms. The third-order valence-electron chi connectivity index (χ3n) is 2.00. The van der Waals surface area contributed by atoms with Gasteiger partial charge in [-0.15, -0.1) is 0 Å². The van der Waals surface area contributed by atoms with Gasteiger partial charge in [-0.3, -0.25) is 0 Å². The molecule has 0 aliphatic carbocycles. The first-order valence-corrected chi connectivity index (χ1v) is 4.46. The number of halogens is 8.